The second-order valence-corrected chi connectivity index (χ2v) is 7.21. The lowest BCUT2D eigenvalue weighted by Gasteiger charge is -2.42. The van der Waals surface area contributed by atoms with E-state index < -0.39 is 17.8 Å². The molecule has 30 heavy (non-hydrogen) atoms. The molecule has 166 valence electrons. The van der Waals surface area contributed by atoms with Crippen molar-refractivity contribution in [1.29, 1.82) is 0 Å². The Bertz CT molecular complexity index is 719. The summed E-state index contributed by atoms with van der Waals surface area (Å²) in [5, 5.41) is 23.8. The molecular weight excluding hydrogens is 397 g/mol. The Balaban J connectivity index is 0.000000469. The number of aliphatic hydroxyl groups excluding tert-OH is 1. The van der Waals surface area contributed by atoms with Crippen LogP contribution in [0.25, 0.3) is 0 Å². The lowest BCUT2D eigenvalue weighted by atomic mass is 10.0. The lowest BCUT2D eigenvalue weighted by molar-refractivity contribution is -0.159. The van der Waals surface area contributed by atoms with Crippen molar-refractivity contribution in [3.05, 3.63) is 35.6 Å². The fourth-order valence-corrected chi connectivity index (χ4v) is 3.73. The fourth-order valence-electron chi connectivity index (χ4n) is 3.73. The molecule has 9 nitrogen and oxygen atoms in total. The summed E-state index contributed by atoms with van der Waals surface area (Å²) in [7, 11) is 0. The van der Waals surface area contributed by atoms with Crippen molar-refractivity contribution < 1.29 is 34.1 Å². The van der Waals surface area contributed by atoms with Gasteiger partial charge in [-0.1, -0.05) is 12.1 Å². The third-order valence-electron chi connectivity index (χ3n) is 5.38. The molecular formula is C20H28FN3O6. The first-order valence-electron chi connectivity index (χ1n) is 9.90. The maximum Gasteiger partial charge on any atom is 0.414 e. The molecule has 0 bridgehead atoms. The molecule has 0 atom stereocenters. The zero-order valence-electron chi connectivity index (χ0n) is 16.7. The number of carbonyl (C=O) groups excluding carboxylic acids is 1. The zero-order valence-corrected chi connectivity index (χ0v) is 16.7. The van der Waals surface area contributed by atoms with Gasteiger partial charge in [0.1, 0.15) is 5.82 Å². The van der Waals surface area contributed by atoms with Crippen molar-refractivity contribution in [2.45, 2.75) is 18.9 Å². The van der Waals surface area contributed by atoms with E-state index >= 15 is 0 Å². The normalized spacial score (nSPS) is 18.4. The summed E-state index contributed by atoms with van der Waals surface area (Å²) in [5.74, 6) is -4.28. The van der Waals surface area contributed by atoms with Crippen molar-refractivity contribution in [1.82, 2.24) is 14.7 Å². The van der Waals surface area contributed by atoms with E-state index in [4.69, 9.17) is 24.9 Å². The Morgan fingerprint density at radius 3 is 2.00 bits per heavy atom. The van der Waals surface area contributed by atoms with Gasteiger partial charge >= 0.3 is 11.9 Å². The topological polar surface area (TPSA) is 122 Å². The van der Waals surface area contributed by atoms with Crippen molar-refractivity contribution in [2.24, 2.45) is 0 Å². The van der Waals surface area contributed by atoms with Crippen LogP contribution in [0.4, 0.5) is 4.39 Å². The van der Waals surface area contributed by atoms with Crippen LogP contribution in [0.5, 0.6) is 0 Å². The standard InChI is InChI=1S/C18H26FN3O2.C2H2O4/c19-17-4-2-1-3-16(17)18(24)22-7-5-15(6-8-22)21-11-9-20(10-12-21)13-14-23;3-1(4)2(5)6/h1-4,15,23H,5-14H2;(H,3,4)(H,5,6). The van der Waals surface area contributed by atoms with Crippen molar-refractivity contribution in [3.63, 3.8) is 0 Å². The number of carbonyl (C=O) groups is 3. The minimum absolute atomic E-state index is 0.175. The molecule has 0 spiro atoms. The third-order valence-corrected chi connectivity index (χ3v) is 5.38. The van der Waals surface area contributed by atoms with Crippen LogP contribution in [0.2, 0.25) is 0 Å². The number of carboxylic acids is 2. The van der Waals surface area contributed by atoms with Gasteiger partial charge in [0.25, 0.3) is 5.91 Å². The van der Waals surface area contributed by atoms with Gasteiger partial charge in [0, 0.05) is 51.9 Å². The molecule has 3 rings (SSSR count). The molecule has 0 radical (unpaired) electrons. The van der Waals surface area contributed by atoms with Crippen LogP contribution in [-0.4, -0.2) is 106 Å². The van der Waals surface area contributed by atoms with Gasteiger partial charge in [-0.2, -0.15) is 0 Å². The quantitative estimate of drug-likeness (QED) is 0.585. The van der Waals surface area contributed by atoms with Crippen LogP contribution in [-0.2, 0) is 9.59 Å². The Morgan fingerprint density at radius 2 is 1.50 bits per heavy atom. The van der Waals surface area contributed by atoms with Gasteiger partial charge in [-0.25, -0.2) is 14.0 Å². The molecule has 3 N–H and O–H groups in total. The van der Waals surface area contributed by atoms with Gasteiger partial charge in [-0.05, 0) is 25.0 Å². The number of aliphatic carboxylic acids is 2. The number of hydrogen-bond acceptors (Lipinski definition) is 6. The van der Waals surface area contributed by atoms with Crippen LogP contribution >= 0.6 is 0 Å². The number of likely N-dealkylation sites (tertiary alicyclic amines) is 1. The molecule has 0 aromatic heterocycles. The van der Waals surface area contributed by atoms with E-state index in [-0.39, 0.29) is 18.1 Å². The van der Waals surface area contributed by atoms with Crippen molar-refractivity contribution >= 4 is 17.8 Å². The average molecular weight is 425 g/mol. The maximum absolute atomic E-state index is 13.8. The third kappa shape index (κ3) is 6.75. The zero-order chi connectivity index (χ0) is 22.1. The number of nitrogens with zero attached hydrogens (tertiary/aromatic N) is 3. The first-order valence-corrected chi connectivity index (χ1v) is 9.90. The number of β-amino-alcohol motifs (C(OH)–C–C–N with tert-alkyl or cyclic N) is 1. The van der Waals surface area contributed by atoms with Crippen LogP contribution in [0.3, 0.4) is 0 Å². The molecule has 0 saturated carbocycles. The summed E-state index contributed by atoms with van der Waals surface area (Å²) in [4.78, 5) is 37.2. The van der Waals surface area contributed by atoms with Gasteiger partial charge in [-0.3, -0.25) is 14.6 Å². The number of hydrogen-bond donors (Lipinski definition) is 3. The van der Waals surface area contributed by atoms with Crippen molar-refractivity contribution in [3.8, 4) is 0 Å². The van der Waals surface area contributed by atoms with Gasteiger partial charge in [-0.15, -0.1) is 0 Å². The molecule has 1 aromatic rings. The highest BCUT2D eigenvalue weighted by Gasteiger charge is 2.29. The van der Waals surface area contributed by atoms with Crippen LogP contribution in [0, 0.1) is 5.82 Å². The van der Waals surface area contributed by atoms with Crippen LogP contribution in [0.15, 0.2) is 24.3 Å². The number of carboxylic acid groups (broad SMARTS) is 2. The molecule has 0 aliphatic carbocycles. The van der Waals surface area contributed by atoms with E-state index in [1.54, 1.807) is 23.1 Å². The SMILES string of the molecule is O=C(O)C(=O)O.O=C(c1ccccc1F)N1CCC(N2CCN(CCO)CC2)CC1. The highest BCUT2D eigenvalue weighted by molar-refractivity contribution is 6.27. The summed E-state index contributed by atoms with van der Waals surface area (Å²) in [6.07, 6.45) is 1.89. The van der Waals surface area contributed by atoms with Gasteiger partial charge < -0.3 is 20.2 Å². The molecule has 10 heteroatoms. The smallest absolute Gasteiger partial charge is 0.414 e. The molecule has 2 aliphatic heterocycles. The molecule has 1 aromatic carbocycles. The Morgan fingerprint density at radius 1 is 0.933 bits per heavy atom. The van der Waals surface area contributed by atoms with Gasteiger partial charge in [0.2, 0.25) is 0 Å². The molecule has 0 unspecified atom stereocenters. The van der Waals surface area contributed by atoms with Gasteiger partial charge in [0.05, 0.1) is 12.2 Å². The first kappa shape index (κ1) is 23.7. The van der Waals surface area contributed by atoms with E-state index in [1.807, 2.05) is 0 Å². The van der Waals surface area contributed by atoms with Crippen molar-refractivity contribution in [2.75, 3.05) is 52.4 Å². The largest absolute Gasteiger partial charge is 0.473 e. The number of halogens is 1. The molecule has 2 aliphatic rings. The first-order chi connectivity index (χ1) is 14.3. The number of amides is 1. The summed E-state index contributed by atoms with van der Waals surface area (Å²) < 4.78 is 13.8. The average Bonchev–Trinajstić information content (AvgIpc) is 2.75. The number of benzene rings is 1. The van der Waals surface area contributed by atoms with Crippen LogP contribution < -0.4 is 0 Å². The number of rotatable bonds is 4. The summed E-state index contributed by atoms with van der Waals surface area (Å²) >= 11 is 0. The van der Waals surface area contributed by atoms with E-state index in [1.165, 1.54) is 6.07 Å². The predicted octanol–water partition coefficient (Wildman–Crippen LogP) is 0.196. The number of piperidine rings is 1. The molecule has 1 amide bonds. The Labute approximate surface area is 174 Å². The van der Waals surface area contributed by atoms with E-state index in [9.17, 15) is 9.18 Å². The van der Waals surface area contributed by atoms with Gasteiger partial charge in [0.15, 0.2) is 0 Å². The lowest BCUT2D eigenvalue weighted by Crippen LogP contribution is -2.54. The van der Waals surface area contributed by atoms with E-state index in [0.717, 1.165) is 45.6 Å². The number of aliphatic hydroxyl groups is 1. The highest BCUT2D eigenvalue weighted by atomic mass is 19.1. The monoisotopic (exact) mass is 425 g/mol. The van der Waals surface area contributed by atoms with Crippen LogP contribution in [0.1, 0.15) is 23.2 Å². The second kappa shape index (κ2) is 11.6. The summed E-state index contributed by atoms with van der Waals surface area (Å²) in [6, 6.07) is 6.71. The molecule has 2 saturated heterocycles. The van der Waals surface area contributed by atoms with E-state index in [0.29, 0.717) is 19.1 Å². The fraction of sp³-hybridized carbons (Fsp3) is 0.550. The molecule has 2 fully saturated rings. The molecule has 2 heterocycles. The maximum atomic E-state index is 13.8. The Kier molecular flexibility index (Phi) is 9.15. The minimum Gasteiger partial charge on any atom is -0.473 e. The summed E-state index contributed by atoms with van der Waals surface area (Å²) in [6.45, 7) is 6.38. The van der Waals surface area contributed by atoms with E-state index in [2.05, 4.69) is 9.80 Å². The predicted molar refractivity (Wildman–Crippen MR) is 106 cm³/mol. The highest BCUT2D eigenvalue weighted by Crippen LogP contribution is 2.20. The summed E-state index contributed by atoms with van der Waals surface area (Å²) in [5.41, 5.74) is 0.175. The minimum atomic E-state index is -1.82. The second-order valence-electron chi connectivity index (χ2n) is 7.21. The number of piperazine rings is 1. The Hall–Kier alpha value is -2.56.